The SMILES string of the molecule is C[C@@H](NC(=O)Cc1csc(-c2ccccn2)n1)c1ccccc1. The smallest absolute Gasteiger partial charge is 0.226 e. The van der Waals surface area contributed by atoms with Gasteiger partial charge in [-0.05, 0) is 24.6 Å². The van der Waals surface area contributed by atoms with Crippen molar-refractivity contribution in [2.45, 2.75) is 19.4 Å². The number of pyridine rings is 1. The number of hydrogen-bond donors (Lipinski definition) is 1. The van der Waals surface area contributed by atoms with Crippen LogP contribution in [0.4, 0.5) is 0 Å². The fourth-order valence-electron chi connectivity index (χ4n) is 2.28. The predicted molar refractivity (Wildman–Crippen MR) is 92.0 cm³/mol. The molecular weight excluding hydrogens is 306 g/mol. The van der Waals surface area contributed by atoms with E-state index in [1.165, 1.54) is 11.3 Å². The van der Waals surface area contributed by atoms with E-state index < -0.39 is 0 Å². The van der Waals surface area contributed by atoms with Crippen LogP contribution in [0.5, 0.6) is 0 Å². The Balaban J connectivity index is 1.61. The summed E-state index contributed by atoms with van der Waals surface area (Å²) in [6.45, 7) is 1.98. The van der Waals surface area contributed by atoms with Gasteiger partial charge in [0.1, 0.15) is 5.01 Å². The van der Waals surface area contributed by atoms with Gasteiger partial charge in [-0.15, -0.1) is 11.3 Å². The first kappa shape index (κ1) is 15.4. The number of thiazole rings is 1. The van der Waals surface area contributed by atoms with Gasteiger partial charge in [0.15, 0.2) is 0 Å². The molecule has 3 aromatic rings. The molecule has 1 amide bonds. The Labute approximate surface area is 139 Å². The van der Waals surface area contributed by atoms with Crippen LogP contribution in [0.25, 0.3) is 10.7 Å². The van der Waals surface area contributed by atoms with Crippen LogP contribution in [0.3, 0.4) is 0 Å². The Morgan fingerprint density at radius 2 is 1.96 bits per heavy atom. The zero-order valence-corrected chi connectivity index (χ0v) is 13.6. The summed E-state index contributed by atoms with van der Waals surface area (Å²) in [7, 11) is 0. The molecule has 5 heteroatoms. The van der Waals surface area contributed by atoms with E-state index in [0.29, 0.717) is 0 Å². The number of carbonyl (C=O) groups is 1. The summed E-state index contributed by atoms with van der Waals surface area (Å²) in [4.78, 5) is 21.0. The number of nitrogens with one attached hydrogen (secondary N) is 1. The molecule has 0 saturated heterocycles. The first-order chi connectivity index (χ1) is 11.2. The molecule has 3 rings (SSSR count). The molecule has 0 saturated carbocycles. The van der Waals surface area contributed by atoms with Gasteiger partial charge in [-0.3, -0.25) is 9.78 Å². The van der Waals surface area contributed by atoms with Crippen molar-refractivity contribution in [2.24, 2.45) is 0 Å². The van der Waals surface area contributed by atoms with E-state index >= 15 is 0 Å². The van der Waals surface area contributed by atoms with E-state index in [9.17, 15) is 4.79 Å². The summed E-state index contributed by atoms with van der Waals surface area (Å²) >= 11 is 1.51. The standard InChI is InChI=1S/C18H17N3OS/c1-13(14-7-3-2-4-8-14)20-17(22)11-15-12-23-18(21-15)16-9-5-6-10-19-16/h2-10,12-13H,11H2,1H3,(H,20,22)/t13-/m1/s1. The summed E-state index contributed by atoms with van der Waals surface area (Å²) in [5.41, 5.74) is 2.70. The van der Waals surface area contributed by atoms with Gasteiger partial charge in [-0.2, -0.15) is 0 Å². The molecule has 4 nitrogen and oxygen atoms in total. The molecule has 116 valence electrons. The number of nitrogens with zero attached hydrogens (tertiary/aromatic N) is 2. The lowest BCUT2D eigenvalue weighted by atomic mass is 10.1. The minimum Gasteiger partial charge on any atom is -0.349 e. The highest BCUT2D eigenvalue weighted by Crippen LogP contribution is 2.21. The number of aromatic nitrogens is 2. The molecule has 0 aliphatic heterocycles. The highest BCUT2D eigenvalue weighted by atomic mass is 32.1. The monoisotopic (exact) mass is 323 g/mol. The van der Waals surface area contributed by atoms with E-state index in [4.69, 9.17) is 0 Å². The van der Waals surface area contributed by atoms with Crippen molar-refractivity contribution >= 4 is 17.2 Å². The number of amides is 1. The molecule has 0 aliphatic carbocycles. The second-order valence-corrected chi connectivity index (χ2v) is 6.09. The van der Waals surface area contributed by atoms with E-state index in [-0.39, 0.29) is 18.4 Å². The maximum absolute atomic E-state index is 12.2. The lowest BCUT2D eigenvalue weighted by molar-refractivity contribution is -0.121. The van der Waals surface area contributed by atoms with E-state index in [2.05, 4.69) is 15.3 Å². The zero-order valence-electron chi connectivity index (χ0n) is 12.8. The third-order valence-corrected chi connectivity index (χ3v) is 4.37. The number of hydrogen-bond acceptors (Lipinski definition) is 4. The molecule has 0 fully saturated rings. The second-order valence-electron chi connectivity index (χ2n) is 5.24. The first-order valence-corrected chi connectivity index (χ1v) is 8.30. The molecule has 0 spiro atoms. The maximum atomic E-state index is 12.2. The molecule has 1 aromatic carbocycles. The predicted octanol–water partition coefficient (Wildman–Crippen LogP) is 3.63. The highest BCUT2D eigenvalue weighted by molar-refractivity contribution is 7.13. The van der Waals surface area contributed by atoms with Crippen LogP contribution in [0.2, 0.25) is 0 Å². The average molecular weight is 323 g/mol. The Morgan fingerprint density at radius 1 is 1.17 bits per heavy atom. The van der Waals surface area contributed by atoms with Gasteiger partial charge >= 0.3 is 0 Å². The summed E-state index contributed by atoms with van der Waals surface area (Å²) in [6, 6.07) is 15.6. The molecular formula is C18H17N3OS. The third kappa shape index (κ3) is 4.02. The third-order valence-electron chi connectivity index (χ3n) is 3.45. The number of benzene rings is 1. The highest BCUT2D eigenvalue weighted by Gasteiger charge is 2.12. The fraction of sp³-hybridized carbons (Fsp3) is 0.167. The summed E-state index contributed by atoms with van der Waals surface area (Å²) in [5, 5.41) is 5.75. The van der Waals surface area contributed by atoms with Gasteiger partial charge in [-0.25, -0.2) is 4.98 Å². The molecule has 0 unspecified atom stereocenters. The van der Waals surface area contributed by atoms with Gasteiger partial charge in [-0.1, -0.05) is 36.4 Å². The fourth-order valence-corrected chi connectivity index (χ4v) is 3.07. The van der Waals surface area contributed by atoms with Crippen LogP contribution < -0.4 is 5.32 Å². The van der Waals surface area contributed by atoms with Crippen molar-refractivity contribution in [3.8, 4) is 10.7 Å². The Kier molecular flexibility index (Phi) is 4.78. The minimum absolute atomic E-state index is 0.0161. The van der Waals surface area contributed by atoms with Crippen molar-refractivity contribution in [3.63, 3.8) is 0 Å². The zero-order chi connectivity index (χ0) is 16.1. The molecule has 2 heterocycles. The van der Waals surface area contributed by atoms with Crippen molar-refractivity contribution in [3.05, 3.63) is 71.4 Å². The topological polar surface area (TPSA) is 54.9 Å². The molecule has 23 heavy (non-hydrogen) atoms. The van der Waals surface area contributed by atoms with Crippen LogP contribution in [-0.2, 0) is 11.2 Å². The van der Waals surface area contributed by atoms with Crippen LogP contribution in [0, 0.1) is 0 Å². The van der Waals surface area contributed by atoms with Crippen molar-refractivity contribution in [1.82, 2.24) is 15.3 Å². The van der Waals surface area contributed by atoms with Crippen LogP contribution in [0.1, 0.15) is 24.2 Å². The Hall–Kier alpha value is -2.53. The molecule has 0 aliphatic rings. The number of carbonyl (C=O) groups excluding carboxylic acids is 1. The van der Waals surface area contributed by atoms with Crippen LogP contribution in [-0.4, -0.2) is 15.9 Å². The van der Waals surface area contributed by atoms with E-state index in [1.807, 2.05) is 60.8 Å². The summed E-state index contributed by atoms with van der Waals surface area (Å²) in [5.74, 6) is -0.0285. The average Bonchev–Trinajstić information content (AvgIpc) is 3.04. The lowest BCUT2D eigenvalue weighted by Crippen LogP contribution is -2.28. The van der Waals surface area contributed by atoms with E-state index in [0.717, 1.165) is 22.0 Å². The van der Waals surface area contributed by atoms with Gasteiger partial charge in [0.25, 0.3) is 0 Å². The minimum atomic E-state index is -0.0285. The second kappa shape index (κ2) is 7.15. The molecule has 0 radical (unpaired) electrons. The molecule has 0 bridgehead atoms. The Morgan fingerprint density at radius 3 is 2.70 bits per heavy atom. The summed E-state index contributed by atoms with van der Waals surface area (Å²) in [6.07, 6.45) is 2.02. The molecule has 1 N–H and O–H groups in total. The molecule has 1 atom stereocenters. The lowest BCUT2D eigenvalue weighted by Gasteiger charge is -2.13. The van der Waals surface area contributed by atoms with Gasteiger partial charge < -0.3 is 5.32 Å². The van der Waals surface area contributed by atoms with Gasteiger partial charge in [0.2, 0.25) is 5.91 Å². The first-order valence-electron chi connectivity index (χ1n) is 7.42. The summed E-state index contributed by atoms with van der Waals surface area (Å²) < 4.78 is 0. The van der Waals surface area contributed by atoms with Crippen LogP contribution in [0.15, 0.2) is 60.1 Å². The van der Waals surface area contributed by atoms with Gasteiger partial charge in [0, 0.05) is 11.6 Å². The van der Waals surface area contributed by atoms with E-state index in [1.54, 1.807) is 6.20 Å². The van der Waals surface area contributed by atoms with Crippen molar-refractivity contribution in [1.29, 1.82) is 0 Å². The van der Waals surface area contributed by atoms with Gasteiger partial charge in [0.05, 0.1) is 23.9 Å². The van der Waals surface area contributed by atoms with Crippen molar-refractivity contribution in [2.75, 3.05) is 0 Å². The number of rotatable bonds is 5. The Bertz CT molecular complexity index is 771. The van der Waals surface area contributed by atoms with Crippen molar-refractivity contribution < 1.29 is 4.79 Å². The normalized spacial score (nSPS) is 11.9. The molecule has 2 aromatic heterocycles. The largest absolute Gasteiger partial charge is 0.349 e. The quantitative estimate of drug-likeness (QED) is 0.780. The maximum Gasteiger partial charge on any atom is 0.226 e. The van der Waals surface area contributed by atoms with Crippen LogP contribution >= 0.6 is 11.3 Å².